The van der Waals surface area contributed by atoms with Crippen molar-refractivity contribution in [2.24, 2.45) is 0 Å². The highest BCUT2D eigenvalue weighted by molar-refractivity contribution is 7.99. The van der Waals surface area contributed by atoms with E-state index in [2.05, 4.69) is 9.97 Å². The first-order valence-corrected chi connectivity index (χ1v) is 6.83. The van der Waals surface area contributed by atoms with Crippen molar-refractivity contribution in [2.75, 3.05) is 19.5 Å². The SMILES string of the molecule is COCCn1c(SCC(=O)O)nc2cc(Cl)cnc21. The zero-order chi connectivity index (χ0) is 13.8. The molecule has 19 heavy (non-hydrogen) atoms. The first kappa shape index (κ1) is 14.1. The van der Waals surface area contributed by atoms with Gasteiger partial charge in [-0.3, -0.25) is 4.79 Å². The molecule has 0 fully saturated rings. The smallest absolute Gasteiger partial charge is 0.313 e. The van der Waals surface area contributed by atoms with E-state index < -0.39 is 5.97 Å². The van der Waals surface area contributed by atoms with Gasteiger partial charge in [0.15, 0.2) is 10.8 Å². The molecule has 0 bridgehead atoms. The molecule has 2 aromatic heterocycles. The summed E-state index contributed by atoms with van der Waals surface area (Å²) in [5, 5.41) is 9.84. The molecule has 0 unspecified atom stereocenters. The minimum atomic E-state index is -0.888. The Bertz CT molecular complexity index is 602. The molecule has 0 saturated carbocycles. The van der Waals surface area contributed by atoms with Gasteiger partial charge in [-0.05, 0) is 6.07 Å². The second kappa shape index (κ2) is 6.23. The number of fused-ring (bicyclic) bond motifs is 1. The van der Waals surface area contributed by atoms with Gasteiger partial charge in [0, 0.05) is 13.3 Å². The lowest BCUT2D eigenvalue weighted by Crippen LogP contribution is -2.07. The van der Waals surface area contributed by atoms with Crippen molar-refractivity contribution in [1.29, 1.82) is 0 Å². The molecular weight excluding hydrogens is 290 g/mol. The van der Waals surface area contributed by atoms with Gasteiger partial charge in [0.2, 0.25) is 0 Å². The van der Waals surface area contributed by atoms with Crippen molar-refractivity contribution in [2.45, 2.75) is 11.7 Å². The number of thioether (sulfide) groups is 1. The van der Waals surface area contributed by atoms with E-state index in [1.54, 1.807) is 19.4 Å². The molecule has 1 N–H and O–H groups in total. The van der Waals surface area contributed by atoms with E-state index in [1.165, 1.54) is 0 Å². The number of nitrogens with zero attached hydrogens (tertiary/aromatic N) is 3. The van der Waals surface area contributed by atoms with Crippen LogP contribution in [0.15, 0.2) is 17.4 Å². The lowest BCUT2D eigenvalue weighted by molar-refractivity contribution is -0.133. The Labute approximate surface area is 118 Å². The molecule has 2 aromatic rings. The van der Waals surface area contributed by atoms with Crippen LogP contribution >= 0.6 is 23.4 Å². The number of aromatic nitrogens is 3. The fraction of sp³-hybridized carbons (Fsp3) is 0.364. The van der Waals surface area contributed by atoms with E-state index in [9.17, 15) is 4.79 Å². The third-order valence-electron chi connectivity index (χ3n) is 2.36. The average molecular weight is 302 g/mol. The monoisotopic (exact) mass is 301 g/mol. The zero-order valence-electron chi connectivity index (χ0n) is 10.2. The molecule has 2 heterocycles. The normalized spacial score (nSPS) is 11.1. The zero-order valence-corrected chi connectivity index (χ0v) is 11.7. The molecule has 0 atom stereocenters. The molecule has 0 saturated heterocycles. The summed E-state index contributed by atoms with van der Waals surface area (Å²) in [6.07, 6.45) is 1.54. The number of hydrogen-bond donors (Lipinski definition) is 1. The van der Waals surface area contributed by atoms with Crippen molar-refractivity contribution >= 4 is 40.5 Å². The third kappa shape index (κ3) is 3.37. The molecule has 6 nitrogen and oxygen atoms in total. The van der Waals surface area contributed by atoms with Gasteiger partial charge in [0.05, 0.1) is 23.9 Å². The number of aliphatic carboxylic acids is 1. The Hall–Kier alpha value is -1.31. The van der Waals surface area contributed by atoms with Crippen molar-refractivity contribution in [3.8, 4) is 0 Å². The summed E-state index contributed by atoms with van der Waals surface area (Å²) >= 11 is 7.03. The second-order valence-electron chi connectivity index (χ2n) is 3.72. The Balaban J connectivity index is 2.38. The van der Waals surface area contributed by atoms with Crippen LogP contribution in [0.2, 0.25) is 5.02 Å². The van der Waals surface area contributed by atoms with Crippen LogP contribution < -0.4 is 0 Å². The third-order valence-corrected chi connectivity index (χ3v) is 3.53. The first-order chi connectivity index (χ1) is 9.11. The summed E-state index contributed by atoms with van der Waals surface area (Å²) in [5.41, 5.74) is 1.32. The number of carboxylic acids is 1. The molecular formula is C11H12ClN3O3S. The second-order valence-corrected chi connectivity index (χ2v) is 5.10. The molecule has 0 radical (unpaired) electrons. The molecule has 2 rings (SSSR count). The summed E-state index contributed by atoms with van der Waals surface area (Å²) in [6, 6.07) is 1.71. The van der Waals surface area contributed by atoms with Gasteiger partial charge < -0.3 is 14.4 Å². The van der Waals surface area contributed by atoms with Gasteiger partial charge in [-0.25, -0.2) is 9.97 Å². The van der Waals surface area contributed by atoms with Crippen molar-refractivity contribution in [3.63, 3.8) is 0 Å². The van der Waals surface area contributed by atoms with E-state index in [0.717, 1.165) is 11.8 Å². The quantitative estimate of drug-likeness (QED) is 0.821. The number of carboxylic acid groups (broad SMARTS) is 1. The summed E-state index contributed by atoms with van der Waals surface area (Å²) in [7, 11) is 1.60. The Kier molecular flexibility index (Phi) is 4.62. The average Bonchev–Trinajstić information content (AvgIpc) is 2.70. The number of imidazole rings is 1. The highest BCUT2D eigenvalue weighted by Gasteiger charge is 2.13. The van der Waals surface area contributed by atoms with Gasteiger partial charge in [-0.2, -0.15) is 0 Å². The predicted octanol–water partition coefficient (Wildman–Crippen LogP) is 1.91. The van der Waals surface area contributed by atoms with Gasteiger partial charge in [0.1, 0.15) is 5.52 Å². The van der Waals surface area contributed by atoms with Gasteiger partial charge in [-0.1, -0.05) is 23.4 Å². The van der Waals surface area contributed by atoms with Crippen LogP contribution in [0.3, 0.4) is 0 Å². The molecule has 0 aliphatic heterocycles. The van der Waals surface area contributed by atoms with Crippen LogP contribution in [-0.4, -0.2) is 45.1 Å². The summed E-state index contributed by atoms with van der Waals surface area (Å²) in [6.45, 7) is 1.06. The van der Waals surface area contributed by atoms with E-state index in [1.807, 2.05) is 4.57 Å². The molecule has 102 valence electrons. The topological polar surface area (TPSA) is 77.2 Å². The Morgan fingerprint density at radius 3 is 3.11 bits per heavy atom. The number of carbonyl (C=O) groups is 1. The van der Waals surface area contributed by atoms with Gasteiger partial charge in [-0.15, -0.1) is 0 Å². The number of ether oxygens (including phenoxy) is 1. The van der Waals surface area contributed by atoms with Crippen molar-refractivity contribution < 1.29 is 14.6 Å². The highest BCUT2D eigenvalue weighted by Crippen LogP contribution is 2.24. The maximum atomic E-state index is 10.6. The maximum Gasteiger partial charge on any atom is 0.313 e. The fourth-order valence-corrected chi connectivity index (χ4v) is 2.49. The predicted molar refractivity (Wildman–Crippen MR) is 72.8 cm³/mol. The van der Waals surface area contributed by atoms with Crippen LogP contribution in [0.1, 0.15) is 0 Å². The largest absolute Gasteiger partial charge is 0.481 e. The van der Waals surface area contributed by atoms with Gasteiger partial charge >= 0.3 is 5.97 Å². The number of pyridine rings is 1. The standard InChI is InChI=1S/C11H12ClN3O3S/c1-18-3-2-15-10-8(4-7(12)5-13-10)14-11(15)19-6-9(16)17/h4-5H,2-3,6H2,1H3,(H,16,17). The Morgan fingerprint density at radius 1 is 1.63 bits per heavy atom. The van der Waals surface area contributed by atoms with Crippen LogP contribution in [0.25, 0.3) is 11.2 Å². The molecule has 0 aliphatic rings. The minimum absolute atomic E-state index is 0.0516. The van der Waals surface area contributed by atoms with E-state index >= 15 is 0 Å². The highest BCUT2D eigenvalue weighted by atomic mass is 35.5. The van der Waals surface area contributed by atoms with Crippen LogP contribution in [-0.2, 0) is 16.1 Å². The van der Waals surface area contributed by atoms with Crippen LogP contribution in [0.5, 0.6) is 0 Å². The molecule has 0 aromatic carbocycles. The van der Waals surface area contributed by atoms with Gasteiger partial charge in [0.25, 0.3) is 0 Å². The van der Waals surface area contributed by atoms with Crippen molar-refractivity contribution in [3.05, 3.63) is 17.3 Å². The van der Waals surface area contributed by atoms with Crippen molar-refractivity contribution in [1.82, 2.24) is 14.5 Å². The van der Waals surface area contributed by atoms with Crippen LogP contribution in [0, 0.1) is 0 Å². The van der Waals surface area contributed by atoms with Crippen LogP contribution in [0.4, 0.5) is 0 Å². The fourth-order valence-electron chi connectivity index (χ4n) is 1.59. The number of rotatable bonds is 6. The minimum Gasteiger partial charge on any atom is -0.481 e. The molecule has 8 heteroatoms. The summed E-state index contributed by atoms with van der Waals surface area (Å²) < 4.78 is 6.88. The number of methoxy groups -OCH3 is 1. The molecule has 0 amide bonds. The Morgan fingerprint density at radius 2 is 2.42 bits per heavy atom. The lowest BCUT2D eigenvalue weighted by atomic mass is 10.4. The number of halogens is 1. The first-order valence-electron chi connectivity index (χ1n) is 5.47. The lowest BCUT2D eigenvalue weighted by Gasteiger charge is -2.06. The maximum absolute atomic E-state index is 10.6. The number of hydrogen-bond acceptors (Lipinski definition) is 5. The molecule has 0 spiro atoms. The summed E-state index contributed by atoms with van der Waals surface area (Å²) in [4.78, 5) is 19.2. The van der Waals surface area contributed by atoms with E-state index in [-0.39, 0.29) is 5.75 Å². The van der Waals surface area contributed by atoms with E-state index in [4.69, 9.17) is 21.4 Å². The summed E-state index contributed by atoms with van der Waals surface area (Å²) in [5.74, 6) is -0.939. The van der Waals surface area contributed by atoms with E-state index in [0.29, 0.717) is 34.5 Å². The molecule has 0 aliphatic carbocycles.